The maximum atomic E-state index is 13.6. The molecule has 1 fully saturated rings. The number of hydrogen-bond donors (Lipinski definition) is 1. The van der Waals surface area contributed by atoms with Crippen molar-refractivity contribution in [3.63, 3.8) is 0 Å². The maximum Gasteiger partial charge on any atom is 0.238 e. The van der Waals surface area contributed by atoms with Crippen LogP contribution in [0.25, 0.3) is 10.4 Å². The summed E-state index contributed by atoms with van der Waals surface area (Å²) in [5.74, 6) is -1.86. The van der Waals surface area contributed by atoms with E-state index in [1.807, 2.05) is 42.5 Å². The molecule has 2 aliphatic heterocycles. The van der Waals surface area contributed by atoms with Gasteiger partial charge in [0.25, 0.3) is 0 Å². The Morgan fingerprint density at radius 2 is 1.72 bits per heavy atom. The van der Waals surface area contributed by atoms with E-state index in [2.05, 4.69) is 19.9 Å². The highest BCUT2D eigenvalue weighted by atomic mass is 16.2. The number of hydrogen-bond acceptors (Lipinski definition) is 4. The molecule has 2 unspecified atom stereocenters. The van der Waals surface area contributed by atoms with Crippen LogP contribution >= 0.6 is 0 Å². The van der Waals surface area contributed by atoms with Gasteiger partial charge < -0.3 is 5.32 Å². The van der Waals surface area contributed by atoms with Gasteiger partial charge in [-0.2, -0.15) is 10.5 Å². The monoisotopic (exact) mass is 424 g/mol. The highest BCUT2D eigenvalue weighted by Crippen LogP contribution is 2.47. The van der Waals surface area contributed by atoms with Crippen molar-refractivity contribution in [2.45, 2.75) is 30.7 Å². The number of fused-ring (bicyclic) bond motifs is 1. The van der Waals surface area contributed by atoms with E-state index in [0.29, 0.717) is 17.0 Å². The average Bonchev–Trinajstić information content (AvgIpc) is 3.13. The second kappa shape index (κ2) is 8.93. The third-order valence-corrected chi connectivity index (χ3v) is 6.33. The fourth-order valence-corrected chi connectivity index (χ4v) is 4.92. The summed E-state index contributed by atoms with van der Waals surface area (Å²) in [4.78, 5) is 16.7. The molecule has 2 aromatic carbocycles. The minimum Gasteiger partial charge on any atom is -0.325 e. The lowest BCUT2D eigenvalue weighted by Gasteiger charge is -2.34. The van der Waals surface area contributed by atoms with E-state index in [-0.39, 0.29) is 0 Å². The van der Waals surface area contributed by atoms with Crippen molar-refractivity contribution in [1.29, 1.82) is 10.5 Å². The molecular formula is C24H22N7O+. The molecule has 2 atom stereocenters. The van der Waals surface area contributed by atoms with Gasteiger partial charge in [0, 0.05) is 29.0 Å². The minimum absolute atomic E-state index is 0.501. The summed E-state index contributed by atoms with van der Waals surface area (Å²) in [6, 6.07) is 19.4. The Morgan fingerprint density at radius 1 is 1.06 bits per heavy atom. The Hall–Kier alpha value is -4.13. The number of carbonyl (C=O) groups excluding carboxylic acids is 1. The molecule has 2 aromatic rings. The van der Waals surface area contributed by atoms with E-state index in [1.54, 1.807) is 24.3 Å². The molecule has 0 aliphatic carbocycles. The van der Waals surface area contributed by atoms with Crippen molar-refractivity contribution in [3.8, 4) is 12.1 Å². The molecule has 4 rings (SSSR count). The van der Waals surface area contributed by atoms with Crippen molar-refractivity contribution in [3.05, 3.63) is 76.2 Å². The smallest absolute Gasteiger partial charge is 0.238 e. The van der Waals surface area contributed by atoms with Crippen LogP contribution in [0.4, 0.5) is 5.69 Å². The lowest BCUT2D eigenvalue weighted by atomic mass is 9.65. The first-order chi connectivity index (χ1) is 15.7. The molecule has 8 heteroatoms. The van der Waals surface area contributed by atoms with E-state index in [1.165, 1.54) is 0 Å². The van der Waals surface area contributed by atoms with Crippen molar-refractivity contribution in [1.82, 2.24) is 0 Å². The zero-order valence-electron chi connectivity index (χ0n) is 17.5. The SMILES string of the molecule is N#CC(C#N)C1(C(N=[N+]=[N-])C(c2ccccc2)=[N+]2CCCCC2)C(=O)Nc2ccccc21. The predicted molar refractivity (Wildman–Crippen MR) is 119 cm³/mol. The number of rotatable bonds is 5. The molecule has 0 bridgehead atoms. The van der Waals surface area contributed by atoms with E-state index in [9.17, 15) is 20.8 Å². The maximum absolute atomic E-state index is 13.6. The summed E-state index contributed by atoms with van der Waals surface area (Å²) < 4.78 is 2.14. The molecule has 1 N–H and O–H groups in total. The van der Waals surface area contributed by atoms with E-state index in [0.717, 1.165) is 37.9 Å². The Bertz CT molecular complexity index is 1180. The molecule has 158 valence electrons. The number of nitrogens with zero attached hydrogens (tertiary/aromatic N) is 6. The van der Waals surface area contributed by atoms with Gasteiger partial charge in [-0.1, -0.05) is 41.5 Å². The second-order valence-corrected chi connectivity index (χ2v) is 7.97. The third kappa shape index (κ3) is 3.28. The van der Waals surface area contributed by atoms with Crippen LogP contribution in [0.2, 0.25) is 0 Å². The fourth-order valence-electron chi connectivity index (χ4n) is 4.92. The van der Waals surface area contributed by atoms with Crippen LogP contribution in [-0.2, 0) is 10.2 Å². The summed E-state index contributed by atoms with van der Waals surface area (Å²) in [5, 5.41) is 26.9. The van der Waals surface area contributed by atoms with Gasteiger partial charge in [-0.25, -0.2) is 4.58 Å². The van der Waals surface area contributed by atoms with Crippen LogP contribution in [0.3, 0.4) is 0 Å². The van der Waals surface area contributed by atoms with Gasteiger partial charge in [0.1, 0.15) is 24.5 Å². The van der Waals surface area contributed by atoms with Crippen LogP contribution < -0.4 is 5.32 Å². The van der Waals surface area contributed by atoms with Crippen molar-refractivity contribution in [2.75, 3.05) is 18.4 Å². The molecule has 2 aliphatic rings. The van der Waals surface area contributed by atoms with Gasteiger partial charge in [-0.15, -0.1) is 0 Å². The van der Waals surface area contributed by atoms with Crippen LogP contribution in [0.15, 0.2) is 59.7 Å². The van der Waals surface area contributed by atoms with E-state index >= 15 is 0 Å². The number of piperidine rings is 1. The molecule has 8 nitrogen and oxygen atoms in total. The normalized spacial score (nSPS) is 20.3. The first-order valence-electron chi connectivity index (χ1n) is 10.6. The molecule has 0 aromatic heterocycles. The second-order valence-electron chi connectivity index (χ2n) is 7.97. The summed E-state index contributed by atoms with van der Waals surface area (Å²) in [7, 11) is 0. The average molecular weight is 424 g/mol. The number of nitriles is 2. The predicted octanol–water partition coefficient (Wildman–Crippen LogP) is 3.90. The standard InChI is InChI=1S/C24H21N7O/c25-15-18(16-26)24(19-11-5-6-12-20(19)28-23(24)32)22(29-30-27)21(17-9-3-1-4-10-17)31-13-7-2-8-14-31/h1,3-6,9-12,18,22H,2,7-8,13-14H2/p+1. The van der Waals surface area contributed by atoms with Gasteiger partial charge >= 0.3 is 0 Å². The van der Waals surface area contributed by atoms with Crippen LogP contribution in [-0.4, -0.2) is 35.3 Å². The summed E-state index contributed by atoms with van der Waals surface area (Å²) in [6.45, 7) is 1.48. The quantitative estimate of drug-likeness (QED) is 0.338. The van der Waals surface area contributed by atoms with Gasteiger partial charge in [-0.3, -0.25) is 4.79 Å². The molecular weight excluding hydrogens is 402 g/mol. The molecule has 1 saturated heterocycles. The Labute approximate surface area is 186 Å². The zero-order valence-corrected chi connectivity index (χ0v) is 17.5. The first kappa shape index (κ1) is 21.1. The molecule has 1 amide bonds. The number of benzene rings is 2. The fraction of sp³-hybridized carbons (Fsp3) is 0.333. The number of para-hydroxylation sites is 1. The number of amides is 1. The Kier molecular flexibility index (Phi) is 5.89. The van der Waals surface area contributed by atoms with Gasteiger partial charge in [-0.05, 0) is 35.7 Å². The van der Waals surface area contributed by atoms with Crippen molar-refractivity contribution in [2.24, 2.45) is 11.0 Å². The minimum atomic E-state index is -1.67. The molecule has 2 heterocycles. The summed E-state index contributed by atoms with van der Waals surface area (Å²) in [5.41, 5.74) is 10.4. The first-order valence-corrected chi connectivity index (χ1v) is 10.6. The molecule has 0 spiro atoms. The summed E-state index contributed by atoms with van der Waals surface area (Å²) >= 11 is 0. The van der Waals surface area contributed by atoms with Gasteiger partial charge in [0.2, 0.25) is 5.91 Å². The highest BCUT2D eigenvalue weighted by Gasteiger charge is 2.61. The lowest BCUT2D eigenvalue weighted by Crippen LogP contribution is -2.55. The van der Waals surface area contributed by atoms with Crippen LogP contribution in [0.1, 0.15) is 30.4 Å². The highest BCUT2D eigenvalue weighted by molar-refractivity contribution is 6.14. The van der Waals surface area contributed by atoms with Crippen molar-refractivity contribution < 1.29 is 9.37 Å². The Morgan fingerprint density at radius 3 is 2.38 bits per heavy atom. The van der Waals surface area contributed by atoms with Gasteiger partial charge in [0.15, 0.2) is 11.6 Å². The molecule has 0 radical (unpaired) electrons. The largest absolute Gasteiger partial charge is 0.325 e. The summed E-state index contributed by atoms with van der Waals surface area (Å²) in [6.07, 6.45) is 3.03. The Balaban J connectivity index is 2.08. The third-order valence-electron chi connectivity index (χ3n) is 6.33. The molecule has 0 saturated carbocycles. The lowest BCUT2D eigenvalue weighted by molar-refractivity contribution is -0.538. The zero-order chi connectivity index (χ0) is 22.6. The number of carbonyl (C=O) groups is 1. The van der Waals surface area contributed by atoms with E-state index in [4.69, 9.17) is 0 Å². The van der Waals surface area contributed by atoms with Gasteiger partial charge in [0.05, 0.1) is 12.1 Å². The van der Waals surface area contributed by atoms with Crippen LogP contribution in [0, 0.1) is 28.6 Å². The van der Waals surface area contributed by atoms with E-state index < -0.39 is 23.3 Å². The topological polar surface area (TPSA) is 128 Å². The number of azide groups is 1. The molecule has 32 heavy (non-hydrogen) atoms. The van der Waals surface area contributed by atoms with Crippen molar-refractivity contribution >= 4 is 17.3 Å². The number of nitrogens with one attached hydrogen (secondary N) is 1. The van der Waals surface area contributed by atoms with Crippen LogP contribution in [0.5, 0.6) is 0 Å². The number of anilines is 1.